The number of halogens is 2. The molecular formula is C61H69F2N11O8S. The van der Waals surface area contributed by atoms with Crippen molar-refractivity contribution in [2.75, 3.05) is 79.0 Å². The van der Waals surface area contributed by atoms with Gasteiger partial charge in [0.25, 0.3) is 17.7 Å². The Bertz CT molecular complexity index is 3300. The monoisotopic (exact) mass is 1150 g/mol. The highest BCUT2D eigenvalue weighted by Gasteiger charge is 2.51. The molecule has 7 heterocycles. The molecule has 1 aromatic heterocycles. The van der Waals surface area contributed by atoms with Crippen molar-refractivity contribution >= 4 is 70.3 Å². The Labute approximate surface area is 485 Å². The number of hydrogen-bond donors (Lipinski definition) is 4. The topological polar surface area (TPSA) is 211 Å². The molecule has 6 amide bonds. The lowest BCUT2D eigenvalue weighted by Gasteiger charge is -2.43. The number of benzene rings is 4. The lowest BCUT2D eigenvalue weighted by atomic mass is 9.73. The first-order valence-corrected chi connectivity index (χ1v) is 29.3. The van der Waals surface area contributed by atoms with Crippen LogP contribution >= 0.6 is 11.8 Å². The van der Waals surface area contributed by atoms with Gasteiger partial charge in [-0.2, -0.15) is 0 Å². The second-order valence-electron chi connectivity index (χ2n) is 23.4. The van der Waals surface area contributed by atoms with Crippen LogP contribution in [0.1, 0.15) is 108 Å². The summed E-state index contributed by atoms with van der Waals surface area (Å²) in [6.07, 6.45) is 6.69. The van der Waals surface area contributed by atoms with E-state index in [1.807, 2.05) is 50.8 Å². The summed E-state index contributed by atoms with van der Waals surface area (Å²) in [7, 11) is 0. The van der Waals surface area contributed by atoms with Crippen molar-refractivity contribution < 1.29 is 47.0 Å². The second-order valence-corrected chi connectivity index (χ2v) is 24.5. The summed E-state index contributed by atoms with van der Waals surface area (Å²) in [5, 5.41) is 11.8. The highest BCUT2D eigenvalue weighted by atomic mass is 32.2. The Hall–Kier alpha value is -7.69. The predicted molar refractivity (Wildman–Crippen MR) is 308 cm³/mol. The fraction of sp³-hybridized carbons (Fsp3) is 0.443. The van der Waals surface area contributed by atoms with Gasteiger partial charge in [0.1, 0.15) is 34.1 Å². The van der Waals surface area contributed by atoms with Crippen LogP contribution in [0.15, 0.2) is 101 Å². The van der Waals surface area contributed by atoms with Gasteiger partial charge in [-0.25, -0.2) is 23.5 Å². The zero-order valence-corrected chi connectivity index (χ0v) is 47.9. The number of imide groups is 1. The Balaban J connectivity index is 0.605. The number of alkyl carbamates (subject to hydrolysis) is 1. The number of carbonyl (C=O) groups excluding carboxylic acids is 6. The van der Waals surface area contributed by atoms with Gasteiger partial charge in [-0.05, 0) is 132 Å². The summed E-state index contributed by atoms with van der Waals surface area (Å²) >= 11 is 1.42. The van der Waals surface area contributed by atoms with Gasteiger partial charge in [0, 0.05) is 111 Å². The molecule has 4 N–H and O–H groups in total. The van der Waals surface area contributed by atoms with Gasteiger partial charge in [0.15, 0.2) is 0 Å². The van der Waals surface area contributed by atoms with Gasteiger partial charge in [-0.1, -0.05) is 30.0 Å². The molecule has 0 radical (unpaired) electrons. The minimum atomic E-state index is -0.724. The molecule has 3 atom stereocenters. The van der Waals surface area contributed by atoms with Crippen molar-refractivity contribution in [3.63, 3.8) is 0 Å². The second kappa shape index (κ2) is 23.9. The van der Waals surface area contributed by atoms with E-state index < -0.39 is 47.1 Å². The molecule has 83 heavy (non-hydrogen) atoms. The van der Waals surface area contributed by atoms with Crippen LogP contribution in [0.3, 0.4) is 0 Å². The van der Waals surface area contributed by atoms with Gasteiger partial charge >= 0.3 is 6.09 Å². The molecule has 6 aliphatic rings. The third-order valence-electron chi connectivity index (χ3n) is 16.9. The SMILES string of the molecule is C[C@@H]1OCC2(CCN(c3cnc(Sc4cccc(NC(=O)c5ccc(N6CCC(N7CCN(c8ccc(C(=O)NCc9ccc%10c(c9)CN(C9CCC(=O)NC9=O)C%10=O)c(F)c8)CC7)CC6)c(F)c5)c4)cn3)CC2)[C@@H]1NC(=O)OC(C)(C)C. The first-order valence-electron chi connectivity index (χ1n) is 28.5. The lowest BCUT2D eigenvalue weighted by Crippen LogP contribution is -2.55. The van der Waals surface area contributed by atoms with Crippen LogP contribution in [-0.2, 0) is 32.2 Å². The van der Waals surface area contributed by atoms with Crippen LogP contribution in [0.5, 0.6) is 0 Å². The van der Waals surface area contributed by atoms with E-state index in [9.17, 15) is 28.8 Å². The number of fused-ring (bicyclic) bond motifs is 1. The van der Waals surface area contributed by atoms with Gasteiger partial charge < -0.3 is 45.0 Å². The van der Waals surface area contributed by atoms with Gasteiger partial charge in [0.2, 0.25) is 11.8 Å². The summed E-state index contributed by atoms with van der Waals surface area (Å²) in [5.41, 5.74) is 2.96. The Morgan fingerprint density at radius 1 is 0.819 bits per heavy atom. The number of piperazine rings is 1. The molecule has 6 aliphatic heterocycles. The van der Waals surface area contributed by atoms with Gasteiger partial charge in [-0.3, -0.25) is 34.2 Å². The van der Waals surface area contributed by atoms with Crippen molar-refractivity contribution in [3.8, 4) is 0 Å². The molecule has 5 saturated heterocycles. The number of nitrogens with zero attached hydrogens (tertiary/aromatic N) is 7. The van der Waals surface area contributed by atoms with Gasteiger partial charge in [-0.15, -0.1) is 0 Å². The zero-order chi connectivity index (χ0) is 58.2. The average Bonchev–Trinajstić information content (AvgIpc) is 2.82. The summed E-state index contributed by atoms with van der Waals surface area (Å²) in [4.78, 5) is 97.0. The number of nitrogens with one attached hydrogen (secondary N) is 4. The van der Waals surface area contributed by atoms with Crippen molar-refractivity contribution in [1.82, 2.24) is 35.7 Å². The third kappa shape index (κ3) is 12.8. The lowest BCUT2D eigenvalue weighted by molar-refractivity contribution is -0.136. The molecule has 436 valence electrons. The van der Waals surface area contributed by atoms with E-state index in [1.165, 1.54) is 34.9 Å². The van der Waals surface area contributed by atoms with Crippen LogP contribution < -0.4 is 36.0 Å². The molecule has 22 heteroatoms. The number of piperidine rings is 3. The third-order valence-corrected chi connectivity index (χ3v) is 17.8. The van der Waals surface area contributed by atoms with Crippen LogP contribution in [0.2, 0.25) is 0 Å². The number of aromatic nitrogens is 2. The molecule has 0 saturated carbocycles. The molecule has 5 aromatic rings. The fourth-order valence-corrected chi connectivity index (χ4v) is 13.2. The highest BCUT2D eigenvalue weighted by molar-refractivity contribution is 7.99. The van der Waals surface area contributed by atoms with E-state index in [-0.39, 0.29) is 66.4 Å². The van der Waals surface area contributed by atoms with Crippen LogP contribution in [-0.4, -0.2) is 144 Å². The summed E-state index contributed by atoms with van der Waals surface area (Å²) in [5.74, 6) is -2.43. The first-order chi connectivity index (χ1) is 39.8. The van der Waals surface area contributed by atoms with E-state index in [4.69, 9.17) is 19.4 Å². The van der Waals surface area contributed by atoms with Gasteiger partial charge in [0.05, 0.1) is 42.4 Å². The quantitative estimate of drug-likeness (QED) is 0.0840. The van der Waals surface area contributed by atoms with E-state index >= 15 is 8.78 Å². The summed E-state index contributed by atoms with van der Waals surface area (Å²) in [6.45, 7) is 14.1. The van der Waals surface area contributed by atoms with E-state index in [2.05, 4.69) is 36.0 Å². The fourth-order valence-electron chi connectivity index (χ4n) is 12.4. The maximum Gasteiger partial charge on any atom is 0.407 e. The normalized spacial score (nSPS) is 21.2. The van der Waals surface area contributed by atoms with E-state index in [0.717, 1.165) is 68.1 Å². The smallest absolute Gasteiger partial charge is 0.407 e. The van der Waals surface area contributed by atoms with Crippen LogP contribution in [0, 0.1) is 17.0 Å². The van der Waals surface area contributed by atoms with Crippen molar-refractivity contribution in [3.05, 3.63) is 131 Å². The minimum Gasteiger partial charge on any atom is -0.444 e. The first kappa shape index (κ1) is 57.1. The van der Waals surface area contributed by atoms with Crippen LogP contribution in [0.4, 0.5) is 36.5 Å². The molecule has 11 rings (SSSR count). The molecule has 5 fully saturated rings. The van der Waals surface area contributed by atoms with Crippen LogP contribution in [0.25, 0.3) is 0 Å². The average molecular weight is 1150 g/mol. The van der Waals surface area contributed by atoms with Crippen molar-refractivity contribution in [2.45, 2.75) is 119 Å². The summed E-state index contributed by atoms with van der Waals surface area (Å²) < 4.78 is 43.0. The predicted octanol–water partition coefficient (Wildman–Crippen LogP) is 7.54. The zero-order valence-electron chi connectivity index (χ0n) is 47.1. The van der Waals surface area contributed by atoms with Crippen molar-refractivity contribution in [2.24, 2.45) is 5.41 Å². The molecule has 1 spiro atoms. The number of ether oxygens (including phenoxy) is 2. The van der Waals surface area contributed by atoms with E-state index in [1.54, 1.807) is 54.9 Å². The maximum atomic E-state index is 15.8. The molecule has 19 nitrogen and oxygen atoms in total. The number of hydrogen-bond acceptors (Lipinski definition) is 15. The maximum absolute atomic E-state index is 15.8. The molecule has 0 bridgehead atoms. The standard InChI is InChI=1S/C61H69F2N11O8S/c1-37-54(69-59(80)82-60(2,3)4)61(36-81-37)18-22-73(23-19-61)51-33-65-53(34-64-51)83-44-7-5-6-41(30-44)67-55(76)39-9-13-49(48(63)29-39)72-20-16-42(17-21-72)70-24-26-71(27-25-70)43-10-12-46(47(62)31-43)56(77)66-32-38-8-11-45-40(28-38)35-74(58(45)79)50-14-15-52(75)68-57(50)78/h5-13,28-31,33-34,37,42,50,54H,14-27,32,35-36H2,1-4H3,(H,66,77)(H,67,76)(H,69,80)(H,68,75,78)/t37-,50?,54+/m0/s1. The number of carbonyl (C=O) groups is 6. The molecule has 4 aromatic carbocycles. The molecule has 1 unspecified atom stereocenters. The minimum absolute atomic E-state index is 0.0769. The summed E-state index contributed by atoms with van der Waals surface area (Å²) in [6, 6.07) is 21.3. The molecular weight excluding hydrogens is 1080 g/mol. The Morgan fingerprint density at radius 2 is 1.60 bits per heavy atom. The number of amides is 6. The molecule has 0 aliphatic carbocycles. The number of rotatable bonds is 13. The largest absolute Gasteiger partial charge is 0.444 e. The van der Waals surface area contributed by atoms with Crippen molar-refractivity contribution in [1.29, 1.82) is 0 Å². The number of anilines is 4. The Kier molecular flexibility index (Phi) is 16.4. The Morgan fingerprint density at radius 3 is 2.31 bits per heavy atom. The highest BCUT2D eigenvalue weighted by Crippen LogP contribution is 2.43. The van der Waals surface area contributed by atoms with E-state index in [0.29, 0.717) is 72.0 Å².